The van der Waals surface area contributed by atoms with Crippen LogP contribution in [0.3, 0.4) is 0 Å². The van der Waals surface area contributed by atoms with E-state index in [0.717, 1.165) is 31.2 Å². The Morgan fingerprint density at radius 3 is 2.31 bits per heavy atom. The van der Waals surface area contributed by atoms with E-state index in [1.54, 1.807) is 12.1 Å². The van der Waals surface area contributed by atoms with Crippen molar-refractivity contribution in [2.24, 2.45) is 11.8 Å². The maximum Gasteiger partial charge on any atom is 0.338 e. The molecule has 1 saturated heterocycles. The lowest BCUT2D eigenvalue weighted by atomic mass is 9.81. The number of nitrogens with one attached hydrogen (secondary N) is 1. The third-order valence-corrected chi connectivity index (χ3v) is 6.19. The van der Waals surface area contributed by atoms with Crippen LogP contribution in [0.1, 0.15) is 54.6 Å². The average molecular weight is 434 g/mol. The number of carbonyl (C=O) groups excluding carboxylic acids is 4. The normalized spacial score (nSPS) is 21.1. The molecule has 32 heavy (non-hydrogen) atoms. The van der Waals surface area contributed by atoms with Crippen molar-refractivity contribution in [3.8, 4) is 0 Å². The maximum absolute atomic E-state index is 12.8. The number of esters is 1. The lowest BCUT2D eigenvalue weighted by molar-refractivity contribution is -0.125. The zero-order valence-corrected chi connectivity index (χ0v) is 18.0. The Morgan fingerprint density at radius 2 is 1.66 bits per heavy atom. The van der Waals surface area contributed by atoms with Gasteiger partial charge in [-0.05, 0) is 43.5 Å². The van der Waals surface area contributed by atoms with Crippen LogP contribution < -0.4 is 10.2 Å². The number of imide groups is 1. The van der Waals surface area contributed by atoms with Crippen molar-refractivity contribution < 1.29 is 23.9 Å². The van der Waals surface area contributed by atoms with Crippen molar-refractivity contribution in [1.82, 2.24) is 5.32 Å². The SMILES string of the molecule is C[C@H](NC(=O)COC(=O)c1cccc(N2C(=O)[C@@H]3CCCC[C@H]3C2=O)c1)c1ccccc1. The number of ether oxygens (including phenoxy) is 1. The first kappa shape index (κ1) is 21.7. The van der Waals surface area contributed by atoms with Gasteiger partial charge in [0.25, 0.3) is 5.91 Å². The van der Waals surface area contributed by atoms with E-state index < -0.39 is 18.5 Å². The van der Waals surface area contributed by atoms with Gasteiger partial charge in [0.1, 0.15) is 0 Å². The molecule has 4 rings (SSSR count). The highest BCUT2D eigenvalue weighted by molar-refractivity contribution is 6.22. The second-order valence-corrected chi connectivity index (χ2v) is 8.34. The van der Waals surface area contributed by atoms with Crippen LogP contribution in [-0.2, 0) is 19.1 Å². The molecule has 3 amide bonds. The van der Waals surface area contributed by atoms with Gasteiger partial charge in [-0.1, -0.05) is 49.2 Å². The summed E-state index contributed by atoms with van der Waals surface area (Å²) in [5, 5.41) is 2.79. The van der Waals surface area contributed by atoms with Gasteiger partial charge in [0.2, 0.25) is 11.8 Å². The van der Waals surface area contributed by atoms with E-state index in [9.17, 15) is 19.2 Å². The first-order valence-electron chi connectivity index (χ1n) is 10.9. The second-order valence-electron chi connectivity index (χ2n) is 8.34. The fourth-order valence-corrected chi connectivity index (χ4v) is 4.51. The van der Waals surface area contributed by atoms with Gasteiger partial charge in [0.05, 0.1) is 29.1 Å². The topological polar surface area (TPSA) is 92.8 Å². The average Bonchev–Trinajstić information content (AvgIpc) is 3.08. The highest BCUT2D eigenvalue weighted by atomic mass is 16.5. The number of hydrogen-bond donors (Lipinski definition) is 1. The van der Waals surface area contributed by atoms with E-state index in [2.05, 4.69) is 5.32 Å². The van der Waals surface area contributed by atoms with Crippen molar-refractivity contribution in [3.05, 3.63) is 65.7 Å². The molecule has 0 aromatic heterocycles. The van der Waals surface area contributed by atoms with Gasteiger partial charge in [0.15, 0.2) is 6.61 Å². The zero-order valence-electron chi connectivity index (χ0n) is 18.0. The molecule has 1 aliphatic heterocycles. The van der Waals surface area contributed by atoms with Crippen LogP contribution >= 0.6 is 0 Å². The van der Waals surface area contributed by atoms with Gasteiger partial charge in [0, 0.05) is 0 Å². The molecule has 1 heterocycles. The molecule has 7 heteroatoms. The summed E-state index contributed by atoms with van der Waals surface area (Å²) in [6, 6.07) is 15.5. The number of nitrogens with zero attached hydrogens (tertiary/aromatic N) is 1. The summed E-state index contributed by atoms with van der Waals surface area (Å²) >= 11 is 0. The number of fused-ring (bicyclic) bond motifs is 1. The third kappa shape index (κ3) is 4.42. The Kier molecular flexibility index (Phi) is 6.35. The summed E-state index contributed by atoms with van der Waals surface area (Å²) in [6.45, 7) is 1.42. The molecule has 0 spiro atoms. The molecule has 7 nitrogen and oxygen atoms in total. The van der Waals surface area contributed by atoms with Crippen LogP contribution in [-0.4, -0.2) is 30.3 Å². The van der Waals surface area contributed by atoms with E-state index in [-0.39, 0.29) is 35.3 Å². The summed E-state index contributed by atoms with van der Waals surface area (Å²) in [5.41, 5.74) is 1.49. The van der Waals surface area contributed by atoms with Crippen LogP contribution in [0.15, 0.2) is 54.6 Å². The zero-order chi connectivity index (χ0) is 22.7. The lowest BCUT2D eigenvalue weighted by Gasteiger charge is -2.19. The van der Waals surface area contributed by atoms with E-state index in [1.165, 1.54) is 17.0 Å². The molecule has 1 aliphatic carbocycles. The van der Waals surface area contributed by atoms with Gasteiger partial charge in [-0.3, -0.25) is 19.3 Å². The molecule has 0 unspecified atom stereocenters. The minimum absolute atomic E-state index is 0.182. The molecule has 2 aromatic rings. The Bertz CT molecular complexity index is 1010. The number of amides is 3. The van der Waals surface area contributed by atoms with Crippen molar-refractivity contribution in [2.45, 2.75) is 38.6 Å². The Labute approximate surface area is 186 Å². The molecular weight excluding hydrogens is 408 g/mol. The number of rotatable bonds is 6. The van der Waals surface area contributed by atoms with Gasteiger partial charge < -0.3 is 10.1 Å². The highest BCUT2D eigenvalue weighted by Gasteiger charge is 2.48. The fraction of sp³-hybridized carbons (Fsp3) is 0.360. The highest BCUT2D eigenvalue weighted by Crippen LogP contribution is 2.40. The summed E-state index contributed by atoms with van der Waals surface area (Å²) in [7, 11) is 0. The minimum Gasteiger partial charge on any atom is -0.452 e. The fourth-order valence-electron chi connectivity index (χ4n) is 4.51. The van der Waals surface area contributed by atoms with Gasteiger partial charge in [-0.2, -0.15) is 0 Å². The van der Waals surface area contributed by atoms with Gasteiger partial charge in [-0.15, -0.1) is 0 Å². The maximum atomic E-state index is 12.8. The predicted molar refractivity (Wildman–Crippen MR) is 118 cm³/mol. The Hall–Kier alpha value is -3.48. The van der Waals surface area contributed by atoms with Crippen molar-refractivity contribution >= 4 is 29.4 Å². The molecule has 166 valence electrons. The van der Waals surface area contributed by atoms with Crippen molar-refractivity contribution in [1.29, 1.82) is 0 Å². The number of carbonyl (C=O) groups is 4. The van der Waals surface area contributed by atoms with E-state index in [4.69, 9.17) is 4.74 Å². The smallest absolute Gasteiger partial charge is 0.338 e. The standard InChI is InChI=1S/C25H26N2O5/c1-16(17-8-3-2-4-9-17)26-22(28)15-32-25(31)18-10-7-11-19(14-18)27-23(29)20-12-5-6-13-21(20)24(27)30/h2-4,7-11,14,16,20-21H,5-6,12-13,15H2,1H3,(H,26,28)/t16-,20+,21+/m0/s1. The molecule has 2 aromatic carbocycles. The molecule has 2 aliphatic rings. The van der Waals surface area contributed by atoms with Crippen LogP contribution in [0.4, 0.5) is 5.69 Å². The van der Waals surface area contributed by atoms with Crippen molar-refractivity contribution in [2.75, 3.05) is 11.5 Å². The minimum atomic E-state index is -0.689. The van der Waals surface area contributed by atoms with Crippen LogP contribution in [0.2, 0.25) is 0 Å². The first-order chi connectivity index (χ1) is 15.5. The third-order valence-electron chi connectivity index (χ3n) is 6.19. The molecular formula is C25H26N2O5. The molecule has 1 N–H and O–H groups in total. The molecule has 1 saturated carbocycles. The Morgan fingerprint density at radius 1 is 1.00 bits per heavy atom. The molecule has 2 fully saturated rings. The summed E-state index contributed by atoms with van der Waals surface area (Å²) in [6.07, 6.45) is 3.35. The van der Waals surface area contributed by atoms with Crippen molar-refractivity contribution in [3.63, 3.8) is 0 Å². The van der Waals surface area contributed by atoms with E-state index >= 15 is 0 Å². The van der Waals surface area contributed by atoms with Crippen LogP contribution in [0, 0.1) is 11.8 Å². The molecule has 0 radical (unpaired) electrons. The number of hydrogen-bond acceptors (Lipinski definition) is 5. The van der Waals surface area contributed by atoms with Gasteiger partial charge in [-0.25, -0.2) is 4.79 Å². The first-order valence-corrected chi connectivity index (χ1v) is 10.9. The number of anilines is 1. The summed E-state index contributed by atoms with van der Waals surface area (Å²) < 4.78 is 5.15. The molecule has 0 bridgehead atoms. The largest absolute Gasteiger partial charge is 0.452 e. The second kappa shape index (κ2) is 9.34. The quantitative estimate of drug-likeness (QED) is 0.556. The lowest BCUT2D eigenvalue weighted by Crippen LogP contribution is -2.31. The van der Waals surface area contributed by atoms with Crippen LogP contribution in [0.5, 0.6) is 0 Å². The van der Waals surface area contributed by atoms with E-state index in [0.29, 0.717) is 5.69 Å². The monoisotopic (exact) mass is 434 g/mol. The molecule has 3 atom stereocenters. The number of benzene rings is 2. The Balaban J connectivity index is 1.38. The predicted octanol–water partition coefficient (Wildman–Crippen LogP) is 3.40. The van der Waals surface area contributed by atoms with E-state index in [1.807, 2.05) is 37.3 Å². The van der Waals surface area contributed by atoms with Crippen LogP contribution in [0.25, 0.3) is 0 Å². The summed E-state index contributed by atoms with van der Waals surface area (Å²) in [5.74, 6) is -2.02. The summed E-state index contributed by atoms with van der Waals surface area (Å²) in [4.78, 5) is 51.5. The van der Waals surface area contributed by atoms with Gasteiger partial charge >= 0.3 is 5.97 Å².